The zero-order chi connectivity index (χ0) is 51.0. The monoisotopic (exact) mass is 1000 g/mol. The summed E-state index contributed by atoms with van der Waals surface area (Å²) in [5.74, 6) is -57.0. The van der Waals surface area contributed by atoms with Gasteiger partial charge >= 0.3 is 53.7 Å². The molecule has 0 bridgehead atoms. The van der Waals surface area contributed by atoms with E-state index in [1.807, 2.05) is 0 Å². The number of anilines is 1. The van der Waals surface area contributed by atoms with Crippen LogP contribution in [-0.2, 0) is 14.0 Å². The van der Waals surface area contributed by atoms with Gasteiger partial charge in [0.15, 0.2) is 8.32 Å². The molecule has 2 aromatic carbocycles. The summed E-state index contributed by atoms with van der Waals surface area (Å²) in [7, 11) is -2.57. The second-order valence-corrected chi connectivity index (χ2v) is 20.2. The number of carbonyl (C=O) groups is 2. The van der Waals surface area contributed by atoms with Gasteiger partial charge in [0.1, 0.15) is 24.2 Å². The summed E-state index contributed by atoms with van der Waals surface area (Å²) in [5, 5.41) is 11.2. The lowest BCUT2D eigenvalue weighted by Gasteiger charge is -2.44. The summed E-state index contributed by atoms with van der Waals surface area (Å²) in [4.78, 5) is 24.1. The van der Waals surface area contributed by atoms with Gasteiger partial charge in [0, 0.05) is 18.2 Å². The first-order chi connectivity index (χ1) is 30.0. The number of alkyl halides is 17. The fourth-order valence-corrected chi connectivity index (χ4v) is 10.9. The first-order valence-corrected chi connectivity index (χ1v) is 21.6. The predicted octanol–water partition coefficient (Wildman–Crippen LogP) is 12.8. The van der Waals surface area contributed by atoms with Crippen LogP contribution in [0.4, 0.5) is 85.1 Å². The number of methoxy groups -OCH3 is 1. The molecular formula is C39H45F17N2O7Si. The Morgan fingerprint density at radius 1 is 0.682 bits per heavy atom. The molecule has 376 valence electrons. The van der Waals surface area contributed by atoms with Crippen molar-refractivity contribution in [3.8, 4) is 11.5 Å². The van der Waals surface area contributed by atoms with Crippen LogP contribution in [0.3, 0.4) is 0 Å². The molecule has 2 amide bonds. The molecule has 1 atom stereocenters. The van der Waals surface area contributed by atoms with Crippen molar-refractivity contribution in [3.63, 3.8) is 0 Å². The maximum atomic E-state index is 15.0. The molecule has 0 unspecified atom stereocenters. The van der Waals surface area contributed by atoms with Crippen molar-refractivity contribution < 1.29 is 108 Å². The van der Waals surface area contributed by atoms with Crippen LogP contribution in [0.2, 0.25) is 17.1 Å². The van der Waals surface area contributed by atoms with E-state index < -0.39 is 111 Å². The Balaban J connectivity index is 2.25. The van der Waals surface area contributed by atoms with E-state index in [-0.39, 0.29) is 12.2 Å². The SMILES string of the molecule is COc1ccc(NC(=O)O[C@@H](CCC/C=C/C(=O)NO)c2ccc(OCCO[Si](CCC(F)(F)C(F)(F)C(F)(F)C(F)(F)C(F)(F)C(F)(F)C(F)(F)C(F)(F)F)(C(C)C)C(C)C)cc2)cc1. The number of carbonyl (C=O) groups excluding carboxylic acids is 2. The van der Waals surface area contributed by atoms with Crippen molar-refractivity contribution in [3.05, 3.63) is 66.2 Å². The average Bonchev–Trinajstić information content (AvgIpc) is 3.22. The molecule has 0 fully saturated rings. The molecule has 0 aromatic heterocycles. The average molecular weight is 1000 g/mol. The third-order valence-corrected chi connectivity index (χ3v) is 16.0. The summed E-state index contributed by atoms with van der Waals surface area (Å²) < 4.78 is 258. The normalized spacial score (nSPS) is 14.4. The zero-order valence-electron chi connectivity index (χ0n) is 35.3. The second kappa shape index (κ2) is 21.6. The van der Waals surface area contributed by atoms with Gasteiger partial charge in [-0.05, 0) is 78.4 Å². The van der Waals surface area contributed by atoms with Crippen LogP contribution in [0.15, 0.2) is 60.7 Å². The standard InChI is InChI=1S/C39H45F17N2O7Si/c1-23(2)66(24(3)4,22-19-32(40,41)33(42,43)34(44,45)35(46,47)36(48,49)37(50,51)38(52,53)39(54,55)56)64-21-20-63-28-15-11-25(12-16-28)29(9-7-6-8-10-30(59)58-61)65-31(60)57-26-13-17-27(62-5)18-14-26/h8,10-18,23-24,29,61H,6-7,9,19-22H2,1-5H3,(H,57,60)(H,58,59)/b10-8+/t29-/m0/s1. The molecule has 0 saturated carbocycles. The van der Waals surface area contributed by atoms with Crippen LogP contribution in [-0.4, -0.2) is 93.5 Å². The number of hydroxylamine groups is 1. The summed E-state index contributed by atoms with van der Waals surface area (Å²) in [6.07, 6.45) is -8.75. The minimum absolute atomic E-state index is 0.118. The maximum Gasteiger partial charge on any atom is 0.460 e. The van der Waals surface area contributed by atoms with Crippen molar-refractivity contribution in [2.45, 2.75) is 124 Å². The molecule has 0 aliphatic heterocycles. The van der Waals surface area contributed by atoms with Gasteiger partial charge < -0.3 is 18.6 Å². The van der Waals surface area contributed by atoms with E-state index >= 15 is 0 Å². The Hall–Kier alpha value is -4.53. The number of nitrogens with one attached hydrogen (secondary N) is 2. The minimum Gasteiger partial charge on any atom is -0.497 e. The van der Waals surface area contributed by atoms with Crippen molar-refractivity contribution >= 4 is 26.0 Å². The molecule has 27 heteroatoms. The fourth-order valence-electron chi connectivity index (χ4n) is 6.42. The predicted molar refractivity (Wildman–Crippen MR) is 203 cm³/mol. The first kappa shape index (κ1) is 57.6. The van der Waals surface area contributed by atoms with Crippen molar-refractivity contribution in [2.75, 3.05) is 25.6 Å². The van der Waals surface area contributed by atoms with E-state index in [4.69, 9.17) is 23.8 Å². The number of unbranched alkanes of at least 4 members (excludes halogenated alkanes) is 1. The van der Waals surface area contributed by atoms with Gasteiger partial charge in [-0.15, -0.1) is 0 Å². The highest BCUT2D eigenvalue weighted by atomic mass is 28.4. The van der Waals surface area contributed by atoms with Crippen molar-refractivity contribution in [1.29, 1.82) is 0 Å². The number of hydrogen-bond donors (Lipinski definition) is 3. The Morgan fingerprint density at radius 2 is 1.17 bits per heavy atom. The van der Waals surface area contributed by atoms with Gasteiger partial charge in [0.05, 0.1) is 13.7 Å². The molecule has 3 N–H and O–H groups in total. The van der Waals surface area contributed by atoms with Gasteiger partial charge in [-0.3, -0.25) is 15.3 Å². The second-order valence-electron chi connectivity index (χ2n) is 15.2. The molecule has 2 aromatic rings. The summed E-state index contributed by atoms with van der Waals surface area (Å²) in [6, 6.07) is 10.7. The highest BCUT2D eigenvalue weighted by Gasteiger charge is 2.95. The quantitative estimate of drug-likeness (QED) is 0.0227. The van der Waals surface area contributed by atoms with E-state index in [0.717, 1.165) is 6.08 Å². The van der Waals surface area contributed by atoms with Crippen molar-refractivity contribution in [2.24, 2.45) is 0 Å². The lowest BCUT2D eigenvalue weighted by Crippen LogP contribution is -2.74. The molecule has 9 nitrogen and oxygen atoms in total. The molecular weight excluding hydrogens is 959 g/mol. The van der Waals surface area contributed by atoms with Gasteiger partial charge in [0.25, 0.3) is 5.91 Å². The largest absolute Gasteiger partial charge is 0.497 e. The van der Waals surface area contributed by atoms with Crippen LogP contribution < -0.4 is 20.3 Å². The lowest BCUT2D eigenvalue weighted by molar-refractivity contribution is -0.461. The molecule has 0 saturated heterocycles. The highest BCUT2D eigenvalue weighted by Crippen LogP contribution is 2.64. The molecule has 0 heterocycles. The molecule has 0 aliphatic rings. The number of benzene rings is 2. The minimum atomic E-state index is -8.70. The third-order valence-electron chi connectivity index (χ3n) is 10.3. The van der Waals surface area contributed by atoms with E-state index in [2.05, 4.69) is 5.32 Å². The summed E-state index contributed by atoms with van der Waals surface area (Å²) in [6.45, 7) is 4.29. The van der Waals surface area contributed by atoms with Crippen LogP contribution in [0.25, 0.3) is 0 Å². The van der Waals surface area contributed by atoms with E-state index in [9.17, 15) is 84.2 Å². The molecule has 0 aliphatic carbocycles. The molecule has 2 rings (SSSR count). The van der Waals surface area contributed by atoms with Gasteiger partial charge in [-0.2, -0.15) is 74.6 Å². The Labute approximate surface area is 367 Å². The number of amides is 2. The van der Waals surface area contributed by atoms with Crippen LogP contribution in [0.5, 0.6) is 11.5 Å². The molecule has 0 spiro atoms. The third kappa shape index (κ3) is 12.1. The molecule has 0 radical (unpaired) electrons. The Bertz CT molecular complexity index is 1910. The number of hydrogen-bond acceptors (Lipinski definition) is 7. The van der Waals surface area contributed by atoms with Gasteiger partial charge in [-0.1, -0.05) is 45.9 Å². The Kier molecular flexibility index (Phi) is 18.9. The van der Waals surface area contributed by atoms with Crippen LogP contribution >= 0.6 is 0 Å². The number of rotatable bonds is 25. The summed E-state index contributed by atoms with van der Waals surface area (Å²) in [5.41, 5.74) is 0.435. The fraction of sp³-hybridized carbons (Fsp3) is 0.590. The lowest BCUT2D eigenvalue weighted by atomic mass is 9.88. The van der Waals surface area contributed by atoms with E-state index in [1.165, 1.54) is 70.6 Å². The van der Waals surface area contributed by atoms with Gasteiger partial charge in [0.2, 0.25) is 0 Å². The van der Waals surface area contributed by atoms with Crippen molar-refractivity contribution in [1.82, 2.24) is 5.48 Å². The maximum absolute atomic E-state index is 15.0. The summed E-state index contributed by atoms with van der Waals surface area (Å²) >= 11 is 0. The first-order valence-electron chi connectivity index (χ1n) is 19.3. The van der Waals surface area contributed by atoms with E-state index in [1.54, 1.807) is 24.3 Å². The van der Waals surface area contributed by atoms with Crippen LogP contribution in [0, 0.1) is 0 Å². The van der Waals surface area contributed by atoms with Gasteiger partial charge in [-0.25, -0.2) is 10.3 Å². The number of halogens is 17. The Morgan fingerprint density at radius 3 is 1.64 bits per heavy atom. The topological polar surface area (TPSA) is 115 Å². The molecule has 66 heavy (non-hydrogen) atoms. The zero-order valence-corrected chi connectivity index (χ0v) is 36.3. The smallest absolute Gasteiger partial charge is 0.460 e. The highest BCUT2D eigenvalue weighted by molar-refractivity contribution is 6.76. The van der Waals surface area contributed by atoms with Crippen LogP contribution in [0.1, 0.15) is 65.0 Å². The number of ether oxygens (including phenoxy) is 3. The number of allylic oxidation sites excluding steroid dienone is 1. The van der Waals surface area contributed by atoms with E-state index in [0.29, 0.717) is 29.8 Å².